The van der Waals surface area contributed by atoms with E-state index in [9.17, 15) is 5.11 Å². The van der Waals surface area contributed by atoms with Gasteiger partial charge < -0.3 is 10.0 Å². The van der Waals surface area contributed by atoms with Crippen LogP contribution >= 0.6 is 0 Å². The van der Waals surface area contributed by atoms with Crippen LogP contribution in [0, 0.1) is 0 Å². The molecule has 1 atom stereocenters. The van der Waals surface area contributed by atoms with Gasteiger partial charge in [0.2, 0.25) is 0 Å². The zero-order valence-electron chi connectivity index (χ0n) is 9.07. The summed E-state index contributed by atoms with van der Waals surface area (Å²) in [4.78, 5) is 6.33. The van der Waals surface area contributed by atoms with Crippen LogP contribution in [0.1, 0.15) is 32.1 Å². The van der Waals surface area contributed by atoms with Crippen LogP contribution in [0.5, 0.6) is 0 Å². The predicted molar refractivity (Wildman–Crippen MR) is 58.4 cm³/mol. The summed E-state index contributed by atoms with van der Waals surface area (Å²) in [5.74, 6) is 0. The van der Waals surface area contributed by atoms with Crippen LogP contribution in [0.4, 0.5) is 5.69 Å². The molecule has 0 saturated heterocycles. The molecule has 0 fully saturated rings. The standard InChI is InChI=1S/C11H18N2O/c1-4-11(14)10-7-6-9(8-12-10)13(3)5-2/h6-8,11,14H,4-5H2,1-3H3. The molecule has 0 spiro atoms. The van der Waals surface area contributed by atoms with Crippen molar-refractivity contribution in [3.63, 3.8) is 0 Å². The zero-order valence-corrected chi connectivity index (χ0v) is 9.07. The monoisotopic (exact) mass is 194 g/mol. The Hall–Kier alpha value is -1.09. The molecule has 1 aromatic heterocycles. The summed E-state index contributed by atoms with van der Waals surface area (Å²) in [6, 6.07) is 3.88. The third-order valence-corrected chi connectivity index (χ3v) is 2.41. The number of aromatic nitrogens is 1. The lowest BCUT2D eigenvalue weighted by atomic mass is 10.2. The molecule has 14 heavy (non-hydrogen) atoms. The zero-order chi connectivity index (χ0) is 10.6. The predicted octanol–water partition coefficient (Wildman–Crippen LogP) is 1.98. The van der Waals surface area contributed by atoms with Gasteiger partial charge in [-0.2, -0.15) is 0 Å². The summed E-state index contributed by atoms with van der Waals surface area (Å²) < 4.78 is 0. The van der Waals surface area contributed by atoms with Crippen molar-refractivity contribution in [3.8, 4) is 0 Å². The van der Waals surface area contributed by atoms with Crippen molar-refractivity contribution >= 4 is 5.69 Å². The fraction of sp³-hybridized carbons (Fsp3) is 0.545. The van der Waals surface area contributed by atoms with E-state index in [1.54, 1.807) is 6.20 Å². The number of rotatable bonds is 4. The van der Waals surface area contributed by atoms with Gasteiger partial charge in [0.15, 0.2) is 0 Å². The second-order valence-electron chi connectivity index (χ2n) is 3.38. The molecule has 0 amide bonds. The first kappa shape index (κ1) is 11.0. The van der Waals surface area contributed by atoms with Gasteiger partial charge in [0.05, 0.1) is 23.7 Å². The second kappa shape index (κ2) is 4.96. The fourth-order valence-corrected chi connectivity index (χ4v) is 1.21. The number of anilines is 1. The molecule has 3 heteroatoms. The lowest BCUT2D eigenvalue weighted by molar-refractivity contribution is 0.169. The highest BCUT2D eigenvalue weighted by Crippen LogP contribution is 2.17. The summed E-state index contributed by atoms with van der Waals surface area (Å²) in [5.41, 5.74) is 1.83. The highest BCUT2D eigenvalue weighted by Gasteiger charge is 2.06. The van der Waals surface area contributed by atoms with Gasteiger partial charge >= 0.3 is 0 Å². The van der Waals surface area contributed by atoms with Crippen molar-refractivity contribution in [2.45, 2.75) is 26.4 Å². The number of pyridine rings is 1. The molecule has 0 aliphatic carbocycles. The molecule has 1 unspecified atom stereocenters. The van der Waals surface area contributed by atoms with E-state index in [4.69, 9.17) is 0 Å². The number of aliphatic hydroxyl groups is 1. The first-order valence-electron chi connectivity index (χ1n) is 5.04. The molecule has 0 radical (unpaired) electrons. The molecule has 1 aromatic rings. The minimum atomic E-state index is -0.434. The largest absolute Gasteiger partial charge is 0.387 e. The quantitative estimate of drug-likeness (QED) is 0.796. The Balaban J connectivity index is 2.78. The van der Waals surface area contributed by atoms with E-state index < -0.39 is 6.10 Å². The summed E-state index contributed by atoms with van der Waals surface area (Å²) in [7, 11) is 2.02. The highest BCUT2D eigenvalue weighted by atomic mass is 16.3. The number of nitrogens with zero attached hydrogens (tertiary/aromatic N) is 2. The van der Waals surface area contributed by atoms with Crippen LogP contribution in [0.15, 0.2) is 18.3 Å². The van der Waals surface area contributed by atoms with Gasteiger partial charge in [-0.3, -0.25) is 4.98 Å². The molecule has 1 rings (SSSR count). The van der Waals surface area contributed by atoms with E-state index in [0.717, 1.165) is 17.9 Å². The van der Waals surface area contributed by atoms with Gasteiger partial charge in [-0.1, -0.05) is 6.92 Å². The van der Waals surface area contributed by atoms with E-state index in [0.29, 0.717) is 6.42 Å². The molecule has 0 aromatic carbocycles. The lowest BCUT2D eigenvalue weighted by Gasteiger charge is -2.16. The Morgan fingerprint density at radius 3 is 2.57 bits per heavy atom. The van der Waals surface area contributed by atoms with Gasteiger partial charge in [0.25, 0.3) is 0 Å². The summed E-state index contributed by atoms with van der Waals surface area (Å²) in [5, 5.41) is 9.54. The average molecular weight is 194 g/mol. The van der Waals surface area contributed by atoms with E-state index in [1.807, 2.05) is 26.1 Å². The average Bonchev–Trinajstić information content (AvgIpc) is 2.27. The van der Waals surface area contributed by atoms with Crippen molar-refractivity contribution in [1.29, 1.82) is 0 Å². The molecule has 1 N–H and O–H groups in total. The molecule has 0 bridgehead atoms. The molecule has 78 valence electrons. The SMILES string of the molecule is CCC(O)c1ccc(N(C)CC)cn1. The van der Waals surface area contributed by atoms with Gasteiger partial charge in [-0.15, -0.1) is 0 Å². The smallest absolute Gasteiger partial charge is 0.0957 e. The van der Waals surface area contributed by atoms with E-state index in [1.165, 1.54) is 0 Å². The Labute approximate surface area is 85.4 Å². The summed E-state index contributed by atoms with van der Waals surface area (Å²) in [6.07, 6.45) is 2.07. The van der Waals surface area contributed by atoms with Crippen molar-refractivity contribution in [2.24, 2.45) is 0 Å². The first-order valence-corrected chi connectivity index (χ1v) is 5.04. The van der Waals surface area contributed by atoms with Gasteiger partial charge in [0.1, 0.15) is 0 Å². The van der Waals surface area contributed by atoms with Gasteiger partial charge in [-0.25, -0.2) is 0 Å². The Bertz CT molecular complexity index is 242. The normalized spacial score (nSPS) is 12.6. The van der Waals surface area contributed by atoms with Crippen molar-refractivity contribution in [3.05, 3.63) is 24.0 Å². The Morgan fingerprint density at radius 1 is 1.43 bits per heavy atom. The van der Waals surface area contributed by atoms with Crippen LogP contribution in [0.2, 0.25) is 0 Å². The minimum Gasteiger partial charge on any atom is -0.387 e. The van der Waals surface area contributed by atoms with Gasteiger partial charge in [0, 0.05) is 13.6 Å². The molecule has 0 saturated carbocycles. The van der Waals surface area contributed by atoms with E-state index >= 15 is 0 Å². The van der Waals surface area contributed by atoms with Crippen LogP contribution in [0.25, 0.3) is 0 Å². The molecular weight excluding hydrogens is 176 g/mol. The molecule has 0 aliphatic heterocycles. The van der Waals surface area contributed by atoms with Crippen LogP contribution in [0.3, 0.4) is 0 Å². The third-order valence-electron chi connectivity index (χ3n) is 2.41. The topological polar surface area (TPSA) is 36.4 Å². The summed E-state index contributed by atoms with van der Waals surface area (Å²) >= 11 is 0. The Kier molecular flexibility index (Phi) is 3.89. The third kappa shape index (κ3) is 2.45. The molecule has 0 aliphatic rings. The maximum atomic E-state index is 9.54. The van der Waals surface area contributed by atoms with Crippen molar-refractivity contribution in [2.75, 3.05) is 18.5 Å². The maximum absolute atomic E-state index is 9.54. The fourth-order valence-electron chi connectivity index (χ4n) is 1.21. The number of hydrogen-bond donors (Lipinski definition) is 1. The Morgan fingerprint density at radius 2 is 2.14 bits per heavy atom. The van der Waals surface area contributed by atoms with E-state index in [2.05, 4.69) is 16.8 Å². The van der Waals surface area contributed by atoms with E-state index in [-0.39, 0.29) is 0 Å². The van der Waals surface area contributed by atoms with Crippen LogP contribution < -0.4 is 4.90 Å². The summed E-state index contributed by atoms with van der Waals surface area (Å²) in [6.45, 7) is 4.99. The number of hydrogen-bond acceptors (Lipinski definition) is 3. The number of aliphatic hydroxyl groups excluding tert-OH is 1. The second-order valence-corrected chi connectivity index (χ2v) is 3.38. The molecular formula is C11H18N2O. The highest BCUT2D eigenvalue weighted by molar-refractivity contribution is 5.43. The molecule has 1 heterocycles. The van der Waals surface area contributed by atoms with Gasteiger partial charge in [-0.05, 0) is 25.5 Å². The van der Waals surface area contributed by atoms with Crippen LogP contribution in [-0.4, -0.2) is 23.7 Å². The first-order chi connectivity index (χ1) is 6.69. The maximum Gasteiger partial charge on any atom is 0.0957 e. The molecule has 3 nitrogen and oxygen atoms in total. The van der Waals surface area contributed by atoms with Crippen LogP contribution in [-0.2, 0) is 0 Å². The van der Waals surface area contributed by atoms with Crippen molar-refractivity contribution < 1.29 is 5.11 Å². The lowest BCUT2D eigenvalue weighted by Crippen LogP contribution is -2.16. The minimum absolute atomic E-state index is 0.434. The van der Waals surface area contributed by atoms with Crippen molar-refractivity contribution in [1.82, 2.24) is 4.98 Å².